The van der Waals surface area contributed by atoms with E-state index in [1.165, 1.54) is 12.1 Å². The second kappa shape index (κ2) is 6.24. The number of aliphatic hydroxyl groups excluding tert-OH is 1. The minimum Gasteiger partial charge on any atom is -0.486 e. The summed E-state index contributed by atoms with van der Waals surface area (Å²) < 4.78 is 19.0. The van der Waals surface area contributed by atoms with Crippen LogP contribution in [0.1, 0.15) is 11.1 Å². The molecular weight excluding hydrogens is 290 g/mol. The summed E-state index contributed by atoms with van der Waals surface area (Å²) in [6, 6.07) is 9.33. The highest BCUT2D eigenvalue weighted by molar-refractivity contribution is 6.35. The van der Waals surface area contributed by atoms with Crippen LogP contribution < -0.4 is 4.74 Å². The minimum absolute atomic E-state index is 0.114. The summed E-state index contributed by atoms with van der Waals surface area (Å²) in [4.78, 5) is 0. The lowest BCUT2D eigenvalue weighted by Crippen LogP contribution is -1.99. The molecule has 2 aromatic rings. The van der Waals surface area contributed by atoms with Crippen LogP contribution in [0.4, 0.5) is 4.39 Å². The van der Waals surface area contributed by atoms with E-state index >= 15 is 0 Å². The van der Waals surface area contributed by atoms with Gasteiger partial charge in [0.15, 0.2) is 11.6 Å². The van der Waals surface area contributed by atoms with Gasteiger partial charge in [0.1, 0.15) is 6.61 Å². The third kappa shape index (κ3) is 3.60. The fourth-order valence-corrected chi connectivity index (χ4v) is 2.02. The molecule has 0 unspecified atom stereocenters. The fraction of sp³-hybridized carbons (Fsp3) is 0.143. The normalized spacial score (nSPS) is 10.5. The lowest BCUT2D eigenvalue weighted by atomic mass is 10.2. The van der Waals surface area contributed by atoms with Gasteiger partial charge in [-0.25, -0.2) is 4.39 Å². The van der Waals surface area contributed by atoms with Gasteiger partial charge in [-0.1, -0.05) is 35.3 Å². The van der Waals surface area contributed by atoms with Crippen molar-refractivity contribution in [2.45, 2.75) is 13.2 Å². The highest BCUT2D eigenvalue weighted by Gasteiger charge is 2.07. The Morgan fingerprint density at radius 3 is 2.53 bits per heavy atom. The molecule has 2 rings (SSSR count). The minimum atomic E-state index is -0.517. The first-order chi connectivity index (χ1) is 9.10. The molecule has 0 aliphatic carbocycles. The van der Waals surface area contributed by atoms with Gasteiger partial charge in [-0.05, 0) is 29.8 Å². The third-order valence-electron chi connectivity index (χ3n) is 2.58. The van der Waals surface area contributed by atoms with Crippen LogP contribution in [0.25, 0.3) is 0 Å². The second-order valence-corrected chi connectivity index (χ2v) is 4.79. The SMILES string of the molecule is OCc1ccc(OCc2ccc(Cl)cc2Cl)c(F)c1. The molecule has 0 aromatic heterocycles. The highest BCUT2D eigenvalue weighted by Crippen LogP contribution is 2.24. The van der Waals surface area contributed by atoms with Gasteiger partial charge in [-0.2, -0.15) is 0 Å². The van der Waals surface area contributed by atoms with Crippen LogP contribution in [0, 0.1) is 5.82 Å². The fourth-order valence-electron chi connectivity index (χ4n) is 1.55. The summed E-state index contributed by atoms with van der Waals surface area (Å²) in [5.41, 5.74) is 1.21. The molecule has 0 atom stereocenters. The number of aliphatic hydroxyl groups is 1. The van der Waals surface area contributed by atoms with Gasteiger partial charge < -0.3 is 9.84 Å². The number of hydrogen-bond acceptors (Lipinski definition) is 2. The molecule has 2 nitrogen and oxygen atoms in total. The molecule has 0 saturated carbocycles. The van der Waals surface area contributed by atoms with Crippen LogP contribution in [-0.4, -0.2) is 5.11 Å². The van der Waals surface area contributed by atoms with Crippen molar-refractivity contribution in [1.82, 2.24) is 0 Å². The molecule has 0 fully saturated rings. The van der Waals surface area contributed by atoms with Gasteiger partial charge in [0, 0.05) is 15.6 Å². The molecular formula is C14H11Cl2FO2. The average molecular weight is 301 g/mol. The summed E-state index contributed by atoms with van der Waals surface area (Å²) in [7, 11) is 0. The zero-order valence-corrected chi connectivity index (χ0v) is 11.4. The number of rotatable bonds is 4. The quantitative estimate of drug-likeness (QED) is 0.917. The molecule has 0 amide bonds. The van der Waals surface area contributed by atoms with Crippen molar-refractivity contribution in [3.63, 3.8) is 0 Å². The number of hydrogen-bond donors (Lipinski definition) is 1. The highest BCUT2D eigenvalue weighted by atomic mass is 35.5. The van der Waals surface area contributed by atoms with E-state index in [9.17, 15) is 4.39 Å². The van der Waals surface area contributed by atoms with Crippen LogP contribution >= 0.6 is 23.2 Å². The monoisotopic (exact) mass is 300 g/mol. The van der Waals surface area contributed by atoms with Crippen molar-refractivity contribution in [3.05, 3.63) is 63.4 Å². The predicted molar refractivity (Wildman–Crippen MR) is 73.1 cm³/mol. The van der Waals surface area contributed by atoms with Gasteiger partial charge in [0.05, 0.1) is 6.61 Å². The smallest absolute Gasteiger partial charge is 0.165 e. The van der Waals surface area contributed by atoms with E-state index in [0.717, 1.165) is 5.56 Å². The lowest BCUT2D eigenvalue weighted by Gasteiger charge is -2.09. The van der Waals surface area contributed by atoms with Crippen LogP contribution in [0.2, 0.25) is 10.0 Å². The van der Waals surface area contributed by atoms with E-state index in [-0.39, 0.29) is 19.0 Å². The second-order valence-electron chi connectivity index (χ2n) is 3.95. The van der Waals surface area contributed by atoms with Crippen LogP contribution in [0.5, 0.6) is 5.75 Å². The van der Waals surface area contributed by atoms with Crippen LogP contribution in [-0.2, 0) is 13.2 Å². The van der Waals surface area contributed by atoms with Gasteiger partial charge in [-0.3, -0.25) is 0 Å². The Bertz CT molecular complexity index is 588. The number of benzene rings is 2. The molecule has 0 bridgehead atoms. The van der Waals surface area contributed by atoms with E-state index < -0.39 is 5.82 Å². The molecule has 19 heavy (non-hydrogen) atoms. The Balaban J connectivity index is 2.10. The molecule has 1 N–H and O–H groups in total. The lowest BCUT2D eigenvalue weighted by molar-refractivity contribution is 0.276. The molecule has 100 valence electrons. The zero-order valence-electron chi connectivity index (χ0n) is 9.87. The van der Waals surface area contributed by atoms with E-state index in [2.05, 4.69) is 0 Å². The Morgan fingerprint density at radius 1 is 1.11 bits per heavy atom. The Hall–Kier alpha value is -1.29. The van der Waals surface area contributed by atoms with E-state index in [1.807, 2.05) is 0 Å². The summed E-state index contributed by atoms with van der Waals surface area (Å²) >= 11 is 11.8. The van der Waals surface area contributed by atoms with Crippen molar-refractivity contribution < 1.29 is 14.2 Å². The molecule has 2 aromatic carbocycles. The number of ether oxygens (including phenoxy) is 1. The summed E-state index contributed by atoms with van der Waals surface area (Å²) in [6.07, 6.45) is 0. The van der Waals surface area contributed by atoms with Crippen LogP contribution in [0.3, 0.4) is 0 Å². The van der Waals surface area contributed by atoms with Crippen molar-refractivity contribution in [1.29, 1.82) is 0 Å². The van der Waals surface area contributed by atoms with Crippen molar-refractivity contribution in [2.75, 3.05) is 0 Å². The molecule has 0 aliphatic rings. The molecule has 0 aliphatic heterocycles. The van der Waals surface area contributed by atoms with Crippen LogP contribution in [0.15, 0.2) is 36.4 Å². The first-order valence-electron chi connectivity index (χ1n) is 5.56. The Morgan fingerprint density at radius 2 is 1.89 bits per heavy atom. The molecule has 0 heterocycles. The van der Waals surface area contributed by atoms with Gasteiger partial charge >= 0.3 is 0 Å². The van der Waals surface area contributed by atoms with Crippen molar-refractivity contribution in [2.24, 2.45) is 0 Å². The molecule has 0 radical (unpaired) electrons. The Kier molecular flexibility index (Phi) is 4.64. The largest absolute Gasteiger partial charge is 0.486 e. The summed E-state index contributed by atoms with van der Waals surface area (Å²) in [5.74, 6) is -0.403. The number of halogens is 3. The summed E-state index contributed by atoms with van der Waals surface area (Å²) in [6.45, 7) is -0.0639. The van der Waals surface area contributed by atoms with Gasteiger partial charge in [-0.15, -0.1) is 0 Å². The summed E-state index contributed by atoms with van der Waals surface area (Å²) in [5, 5.41) is 9.89. The van der Waals surface area contributed by atoms with E-state index in [0.29, 0.717) is 15.6 Å². The van der Waals surface area contributed by atoms with Crippen molar-refractivity contribution in [3.8, 4) is 5.75 Å². The maximum absolute atomic E-state index is 13.6. The van der Waals surface area contributed by atoms with Gasteiger partial charge in [0.25, 0.3) is 0 Å². The average Bonchev–Trinajstić information content (AvgIpc) is 2.39. The first kappa shape index (κ1) is 14.1. The maximum atomic E-state index is 13.6. The predicted octanol–water partition coefficient (Wildman–Crippen LogP) is 4.20. The van der Waals surface area contributed by atoms with E-state index in [1.54, 1.807) is 24.3 Å². The standard InChI is InChI=1S/C14H11Cl2FO2/c15-11-3-2-10(12(16)6-11)8-19-14-4-1-9(7-18)5-13(14)17/h1-6,18H,7-8H2. The van der Waals surface area contributed by atoms with E-state index in [4.69, 9.17) is 33.0 Å². The Labute approximate surface area is 120 Å². The topological polar surface area (TPSA) is 29.5 Å². The first-order valence-corrected chi connectivity index (χ1v) is 6.32. The molecule has 0 spiro atoms. The van der Waals surface area contributed by atoms with Gasteiger partial charge in [0.2, 0.25) is 0 Å². The third-order valence-corrected chi connectivity index (χ3v) is 3.16. The zero-order chi connectivity index (χ0) is 13.8. The maximum Gasteiger partial charge on any atom is 0.165 e. The molecule has 0 saturated heterocycles. The van der Waals surface area contributed by atoms with Crippen molar-refractivity contribution >= 4 is 23.2 Å². The molecule has 5 heteroatoms.